The highest BCUT2D eigenvalue weighted by Gasteiger charge is 2.19. The Labute approximate surface area is 467 Å². The Balaban J connectivity index is 4.38. The molecule has 0 unspecified atom stereocenters. The number of ether oxygens (including phenoxy) is 3. The molecule has 0 aliphatic heterocycles. The predicted octanol–water partition coefficient (Wildman–Crippen LogP) is 22.6. The maximum Gasteiger partial charge on any atom is 0.306 e. The van der Waals surface area contributed by atoms with Crippen molar-refractivity contribution in [3.63, 3.8) is 0 Å². The number of allylic oxidation sites excluding steroid dienone is 8. The quantitative estimate of drug-likeness (QED) is 0.0261. The van der Waals surface area contributed by atoms with E-state index in [1.54, 1.807) is 0 Å². The zero-order valence-corrected chi connectivity index (χ0v) is 50.3. The van der Waals surface area contributed by atoms with Gasteiger partial charge in [0, 0.05) is 19.3 Å². The van der Waals surface area contributed by atoms with Crippen molar-refractivity contribution < 1.29 is 28.6 Å². The van der Waals surface area contributed by atoms with E-state index in [4.69, 9.17) is 14.2 Å². The molecule has 0 radical (unpaired) electrons. The average molecular weight is 1050 g/mol. The van der Waals surface area contributed by atoms with Crippen molar-refractivity contribution in [3.8, 4) is 0 Å². The monoisotopic (exact) mass is 1050 g/mol. The number of esters is 3. The predicted molar refractivity (Wildman–Crippen MR) is 325 cm³/mol. The molecule has 0 rings (SSSR count). The van der Waals surface area contributed by atoms with Crippen LogP contribution in [0.1, 0.15) is 355 Å². The van der Waals surface area contributed by atoms with Crippen molar-refractivity contribution in [2.45, 2.75) is 361 Å². The minimum atomic E-state index is -0.784. The second-order valence-corrected chi connectivity index (χ2v) is 22.4. The Kier molecular flexibility index (Phi) is 61.7. The van der Waals surface area contributed by atoms with Gasteiger partial charge in [0.25, 0.3) is 0 Å². The molecule has 0 bridgehead atoms. The summed E-state index contributed by atoms with van der Waals surface area (Å²) in [7, 11) is 0. The second kappa shape index (κ2) is 63.9. The van der Waals surface area contributed by atoms with Crippen molar-refractivity contribution in [1.82, 2.24) is 0 Å². The highest BCUT2D eigenvalue weighted by molar-refractivity contribution is 5.71. The summed E-state index contributed by atoms with van der Waals surface area (Å²) in [6.07, 6.45) is 79.7. The van der Waals surface area contributed by atoms with Crippen molar-refractivity contribution in [2.24, 2.45) is 0 Å². The van der Waals surface area contributed by atoms with Crippen LogP contribution in [0.2, 0.25) is 0 Å². The molecule has 0 spiro atoms. The van der Waals surface area contributed by atoms with Crippen molar-refractivity contribution >= 4 is 17.9 Å². The molecule has 0 heterocycles. The SMILES string of the molecule is CCCCC/C=C/C/C=C/C/C=C/C/C=C/CCCCCC(=O)OC[C@@H](COC(=O)CCCCCCCCCCCCCCCCCCCCC)OC(=O)CCCCCCCCCCCCCCCCCCCCC. The van der Waals surface area contributed by atoms with Crippen LogP contribution in [0.25, 0.3) is 0 Å². The van der Waals surface area contributed by atoms with Gasteiger partial charge >= 0.3 is 17.9 Å². The lowest BCUT2D eigenvalue weighted by molar-refractivity contribution is -0.167. The van der Waals surface area contributed by atoms with Crippen LogP contribution < -0.4 is 0 Å². The van der Waals surface area contributed by atoms with E-state index < -0.39 is 6.10 Å². The van der Waals surface area contributed by atoms with Gasteiger partial charge in [-0.2, -0.15) is 0 Å². The Morgan fingerprint density at radius 2 is 0.480 bits per heavy atom. The number of unbranched alkanes of at least 4 members (excludes halogenated alkanes) is 42. The van der Waals surface area contributed by atoms with Crippen molar-refractivity contribution in [3.05, 3.63) is 48.6 Å². The first kappa shape index (κ1) is 72.4. The van der Waals surface area contributed by atoms with E-state index in [1.807, 2.05) is 0 Å². The zero-order valence-electron chi connectivity index (χ0n) is 50.3. The fourth-order valence-corrected chi connectivity index (χ4v) is 9.84. The molecule has 0 aromatic rings. The average Bonchev–Trinajstić information content (AvgIpc) is 3.41. The van der Waals surface area contributed by atoms with E-state index in [0.29, 0.717) is 19.3 Å². The largest absolute Gasteiger partial charge is 0.462 e. The van der Waals surface area contributed by atoms with E-state index in [2.05, 4.69) is 69.4 Å². The summed E-state index contributed by atoms with van der Waals surface area (Å²) in [6, 6.07) is 0. The number of carbonyl (C=O) groups excluding carboxylic acids is 3. The Morgan fingerprint density at radius 1 is 0.267 bits per heavy atom. The molecule has 0 aromatic heterocycles. The van der Waals surface area contributed by atoms with E-state index in [0.717, 1.165) is 83.5 Å². The molecule has 0 aliphatic rings. The Bertz CT molecular complexity index is 1300. The lowest BCUT2D eigenvalue weighted by Crippen LogP contribution is -2.30. The van der Waals surface area contributed by atoms with Gasteiger partial charge in [-0.15, -0.1) is 0 Å². The summed E-state index contributed by atoms with van der Waals surface area (Å²) in [5, 5.41) is 0. The molecule has 0 aromatic carbocycles. The van der Waals surface area contributed by atoms with E-state index >= 15 is 0 Å². The van der Waals surface area contributed by atoms with E-state index in [-0.39, 0.29) is 31.1 Å². The molecule has 0 saturated heterocycles. The number of hydrogen-bond donors (Lipinski definition) is 0. The first-order valence-electron chi connectivity index (χ1n) is 33.1. The van der Waals surface area contributed by atoms with Gasteiger partial charge in [0.15, 0.2) is 6.10 Å². The smallest absolute Gasteiger partial charge is 0.306 e. The summed E-state index contributed by atoms with van der Waals surface area (Å²) >= 11 is 0. The van der Waals surface area contributed by atoms with Crippen LogP contribution >= 0.6 is 0 Å². The summed E-state index contributed by atoms with van der Waals surface area (Å²) in [5.41, 5.74) is 0. The fraction of sp³-hybridized carbons (Fsp3) is 0.841. The fourth-order valence-electron chi connectivity index (χ4n) is 9.84. The lowest BCUT2D eigenvalue weighted by Gasteiger charge is -2.18. The van der Waals surface area contributed by atoms with Crippen LogP contribution in [0, 0.1) is 0 Å². The number of hydrogen-bond acceptors (Lipinski definition) is 6. The first-order chi connectivity index (χ1) is 37.0. The molecular formula is C69H126O6. The van der Waals surface area contributed by atoms with Gasteiger partial charge in [-0.05, 0) is 64.2 Å². The molecule has 6 nitrogen and oxygen atoms in total. The minimum absolute atomic E-state index is 0.0781. The van der Waals surface area contributed by atoms with Gasteiger partial charge in [0.1, 0.15) is 13.2 Å². The molecule has 0 fully saturated rings. The van der Waals surface area contributed by atoms with Crippen LogP contribution in [0.15, 0.2) is 48.6 Å². The molecule has 0 saturated carbocycles. The number of carbonyl (C=O) groups is 3. The molecule has 1 atom stereocenters. The van der Waals surface area contributed by atoms with Crippen LogP contribution in [0.4, 0.5) is 0 Å². The van der Waals surface area contributed by atoms with Crippen LogP contribution in [0.5, 0.6) is 0 Å². The second-order valence-electron chi connectivity index (χ2n) is 22.4. The van der Waals surface area contributed by atoms with Crippen molar-refractivity contribution in [1.29, 1.82) is 0 Å². The van der Waals surface area contributed by atoms with Crippen LogP contribution in [-0.2, 0) is 28.6 Å². The van der Waals surface area contributed by atoms with Gasteiger partial charge in [0.2, 0.25) is 0 Å². The molecular weight excluding hydrogens is 925 g/mol. The molecule has 0 aliphatic carbocycles. The molecule has 75 heavy (non-hydrogen) atoms. The third kappa shape index (κ3) is 62.1. The van der Waals surface area contributed by atoms with Gasteiger partial charge < -0.3 is 14.2 Å². The summed E-state index contributed by atoms with van der Waals surface area (Å²) in [5.74, 6) is -0.884. The summed E-state index contributed by atoms with van der Waals surface area (Å²) in [6.45, 7) is 6.65. The topological polar surface area (TPSA) is 78.9 Å². The van der Waals surface area contributed by atoms with Crippen LogP contribution in [-0.4, -0.2) is 37.2 Å². The molecule has 0 N–H and O–H groups in total. The maximum atomic E-state index is 12.9. The first-order valence-corrected chi connectivity index (χ1v) is 33.1. The Morgan fingerprint density at radius 3 is 0.773 bits per heavy atom. The van der Waals surface area contributed by atoms with Crippen LogP contribution in [0.3, 0.4) is 0 Å². The highest BCUT2D eigenvalue weighted by Crippen LogP contribution is 2.18. The molecule has 438 valence electrons. The Hall–Kier alpha value is -2.63. The minimum Gasteiger partial charge on any atom is -0.462 e. The highest BCUT2D eigenvalue weighted by atomic mass is 16.6. The summed E-state index contributed by atoms with van der Waals surface area (Å²) < 4.78 is 17.0. The van der Waals surface area contributed by atoms with Gasteiger partial charge in [-0.3, -0.25) is 14.4 Å². The molecule has 0 amide bonds. The van der Waals surface area contributed by atoms with Crippen molar-refractivity contribution in [2.75, 3.05) is 13.2 Å². The maximum absolute atomic E-state index is 12.9. The third-order valence-electron chi connectivity index (χ3n) is 14.8. The van der Waals surface area contributed by atoms with Gasteiger partial charge in [0.05, 0.1) is 0 Å². The lowest BCUT2D eigenvalue weighted by atomic mass is 10.0. The van der Waals surface area contributed by atoms with Gasteiger partial charge in [-0.25, -0.2) is 0 Å². The standard InChI is InChI=1S/C69H126O6/c1-4-7-10-13-16-19-22-25-28-31-34-37-40-43-46-49-52-55-58-61-67(70)73-64-66(75-69(72)63-60-57-54-51-48-45-42-39-36-33-30-27-24-21-18-15-12-9-6-3)65-74-68(71)62-59-56-53-50-47-44-41-38-35-32-29-26-23-20-17-14-11-8-5-2/h16,19,25,28,34,37,43,46,66H,4-15,17-18,20-24,26-27,29-33,35-36,38-42,44-45,47-65H2,1-3H3/b19-16+,28-25+,37-34+,46-43+/t66-/m0/s1. The van der Waals surface area contributed by atoms with E-state index in [1.165, 1.54) is 231 Å². The van der Waals surface area contributed by atoms with E-state index in [9.17, 15) is 14.4 Å². The normalized spacial score (nSPS) is 12.3. The molecule has 6 heteroatoms. The van der Waals surface area contributed by atoms with Gasteiger partial charge in [-0.1, -0.05) is 320 Å². The number of rotatable bonds is 61. The summed E-state index contributed by atoms with van der Waals surface area (Å²) in [4.78, 5) is 38.4. The zero-order chi connectivity index (χ0) is 54.3. The third-order valence-corrected chi connectivity index (χ3v) is 14.8.